The average Bonchev–Trinajstić information content (AvgIpc) is 3.03. The highest BCUT2D eigenvalue weighted by molar-refractivity contribution is 5.94. The number of ether oxygens (including phenoxy) is 1. The van der Waals surface area contributed by atoms with E-state index in [-0.39, 0.29) is 12.4 Å². The summed E-state index contributed by atoms with van der Waals surface area (Å²) in [4.78, 5) is 17.5. The van der Waals surface area contributed by atoms with Gasteiger partial charge in [-0.1, -0.05) is 36.9 Å². The van der Waals surface area contributed by atoms with Crippen LogP contribution in [0.1, 0.15) is 18.5 Å². The Balaban J connectivity index is 1.93. The Morgan fingerprint density at radius 2 is 2.04 bits per heavy atom. The van der Waals surface area contributed by atoms with Gasteiger partial charge >= 0.3 is 5.97 Å². The summed E-state index contributed by atoms with van der Waals surface area (Å²) in [7, 11) is 0. The number of aromatic hydroxyl groups is 1. The monoisotopic (exact) mass is 361 g/mol. The molecule has 2 aromatic carbocycles. The average molecular weight is 361 g/mol. The minimum Gasteiger partial charge on any atom is -0.508 e. The van der Waals surface area contributed by atoms with E-state index in [0.717, 1.165) is 16.6 Å². The normalized spacial score (nSPS) is 16.0. The van der Waals surface area contributed by atoms with Crippen molar-refractivity contribution in [1.29, 1.82) is 0 Å². The maximum Gasteiger partial charge on any atom is 0.338 e. The van der Waals surface area contributed by atoms with E-state index in [0.29, 0.717) is 17.2 Å². The van der Waals surface area contributed by atoms with Crippen molar-refractivity contribution in [3.63, 3.8) is 0 Å². The first kappa shape index (κ1) is 16.9. The van der Waals surface area contributed by atoms with Gasteiger partial charge in [-0.15, -0.1) is 0 Å². The second kappa shape index (κ2) is 6.64. The molecule has 0 amide bonds. The molecule has 2 N–H and O–H groups in total. The van der Waals surface area contributed by atoms with Crippen molar-refractivity contribution >= 4 is 23.0 Å². The molecule has 3 aromatic rings. The van der Waals surface area contributed by atoms with E-state index in [1.807, 2.05) is 35.8 Å². The number of anilines is 1. The highest BCUT2D eigenvalue weighted by Crippen LogP contribution is 2.39. The largest absolute Gasteiger partial charge is 0.508 e. The summed E-state index contributed by atoms with van der Waals surface area (Å²) in [6, 6.07) is 14.2. The van der Waals surface area contributed by atoms with Crippen LogP contribution in [-0.4, -0.2) is 27.2 Å². The smallest absolute Gasteiger partial charge is 0.338 e. The van der Waals surface area contributed by atoms with E-state index in [9.17, 15) is 9.90 Å². The number of carbonyl (C=O) groups excluding carboxylic acids is 1. The van der Waals surface area contributed by atoms with Crippen molar-refractivity contribution in [3.8, 4) is 5.75 Å². The first-order valence-corrected chi connectivity index (χ1v) is 8.62. The third kappa shape index (κ3) is 2.85. The number of phenols is 1. The van der Waals surface area contributed by atoms with Gasteiger partial charge in [0.2, 0.25) is 5.95 Å². The molecule has 0 aliphatic carbocycles. The Morgan fingerprint density at radius 1 is 1.30 bits per heavy atom. The van der Waals surface area contributed by atoms with Crippen molar-refractivity contribution in [2.45, 2.75) is 13.0 Å². The SMILES string of the molecule is C=CCOC(=O)C1=C(C)Nc2nc3ccccc3n2[C@H]1c1ccc(O)cc1. The second-order valence-corrected chi connectivity index (χ2v) is 6.34. The van der Waals surface area contributed by atoms with Crippen molar-refractivity contribution in [1.82, 2.24) is 9.55 Å². The van der Waals surface area contributed by atoms with E-state index in [1.54, 1.807) is 24.3 Å². The van der Waals surface area contributed by atoms with Gasteiger partial charge in [-0.05, 0) is 36.8 Å². The van der Waals surface area contributed by atoms with E-state index in [4.69, 9.17) is 4.74 Å². The number of benzene rings is 2. The molecule has 4 rings (SSSR count). The predicted octanol–water partition coefficient (Wildman–Crippen LogP) is 3.76. The van der Waals surface area contributed by atoms with Gasteiger partial charge in [0.1, 0.15) is 12.4 Å². The van der Waals surface area contributed by atoms with Gasteiger partial charge in [0, 0.05) is 5.70 Å². The summed E-state index contributed by atoms with van der Waals surface area (Å²) < 4.78 is 7.33. The summed E-state index contributed by atoms with van der Waals surface area (Å²) in [6.07, 6.45) is 1.54. The van der Waals surface area contributed by atoms with Crippen LogP contribution in [0.4, 0.5) is 5.95 Å². The number of rotatable bonds is 4. The Hall–Kier alpha value is -3.54. The van der Waals surface area contributed by atoms with E-state index in [2.05, 4.69) is 16.9 Å². The van der Waals surface area contributed by atoms with Crippen LogP contribution in [0.2, 0.25) is 0 Å². The van der Waals surface area contributed by atoms with Gasteiger partial charge in [-0.25, -0.2) is 9.78 Å². The summed E-state index contributed by atoms with van der Waals surface area (Å²) in [6.45, 7) is 5.57. The molecular formula is C21H19N3O3. The predicted molar refractivity (Wildman–Crippen MR) is 103 cm³/mol. The number of esters is 1. The maximum atomic E-state index is 12.8. The zero-order valence-corrected chi connectivity index (χ0v) is 14.8. The summed E-state index contributed by atoms with van der Waals surface area (Å²) in [5, 5.41) is 12.9. The molecule has 136 valence electrons. The molecule has 0 fully saturated rings. The third-order valence-corrected chi connectivity index (χ3v) is 4.59. The lowest BCUT2D eigenvalue weighted by Crippen LogP contribution is -2.29. The van der Waals surface area contributed by atoms with Gasteiger partial charge < -0.3 is 15.2 Å². The third-order valence-electron chi connectivity index (χ3n) is 4.59. The number of phenolic OH excluding ortho intramolecular Hbond substituents is 1. The molecule has 1 aliphatic heterocycles. The number of allylic oxidation sites excluding steroid dienone is 1. The molecule has 6 heteroatoms. The number of nitrogens with one attached hydrogen (secondary N) is 1. The van der Waals surface area contributed by atoms with Crippen LogP contribution < -0.4 is 5.32 Å². The molecule has 0 saturated heterocycles. The van der Waals surface area contributed by atoms with Crippen LogP contribution in [0.15, 0.2) is 72.5 Å². The lowest BCUT2D eigenvalue weighted by atomic mass is 9.95. The van der Waals surface area contributed by atoms with E-state index in [1.165, 1.54) is 6.08 Å². The first-order valence-electron chi connectivity index (χ1n) is 8.62. The molecule has 0 radical (unpaired) electrons. The fraction of sp³-hybridized carbons (Fsp3) is 0.143. The Kier molecular flexibility index (Phi) is 4.16. The van der Waals surface area contributed by atoms with Crippen molar-refractivity contribution in [2.24, 2.45) is 0 Å². The number of aromatic nitrogens is 2. The standard InChI is InChI=1S/C21H19N3O3/c1-3-12-27-20(26)18-13(2)22-21-23-16-6-4-5-7-17(16)24(21)19(18)14-8-10-15(25)11-9-14/h3-11,19,25H,1,12H2,2H3,(H,22,23)/t19-/m0/s1. The van der Waals surface area contributed by atoms with Crippen LogP contribution in [0, 0.1) is 0 Å². The van der Waals surface area contributed by atoms with Crippen LogP contribution >= 0.6 is 0 Å². The van der Waals surface area contributed by atoms with Crippen LogP contribution in [0.5, 0.6) is 5.75 Å². The van der Waals surface area contributed by atoms with E-state index >= 15 is 0 Å². The highest BCUT2D eigenvalue weighted by Gasteiger charge is 2.34. The highest BCUT2D eigenvalue weighted by atomic mass is 16.5. The molecular weight excluding hydrogens is 342 g/mol. The maximum absolute atomic E-state index is 12.8. The first-order chi connectivity index (χ1) is 13.1. The second-order valence-electron chi connectivity index (χ2n) is 6.34. The summed E-state index contributed by atoms with van der Waals surface area (Å²) in [5.41, 5.74) is 3.77. The van der Waals surface area contributed by atoms with Gasteiger partial charge in [0.25, 0.3) is 0 Å². The zero-order valence-electron chi connectivity index (χ0n) is 14.8. The van der Waals surface area contributed by atoms with Gasteiger partial charge in [0.15, 0.2) is 0 Å². The Morgan fingerprint density at radius 3 is 2.78 bits per heavy atom. The quantitative estimate of drug-likeness (QED) is 0.547. The number of hydrogen-bond acceptors (Lipinski definition) is 5. The van der Waals surface area contributed by atoms with Crippen molar-refractivity contribution < 1.29 is 14.6 Å². The van der Waals surface area contributed by atoms with E-state index < -0.39 is 12.0 Å². The molecule has 0 spiro atoms. The minimum absolute atomic E-state index is 0.134. The molecule has 0 saturated carbocycles. The molecule has 6 nitrogen and oxygen atoms in total. The Labute approximate surface area is 156 Å². The summed E-state index contributed by atoms with van der Waals surface area (Å²) >= 11 is 0. The fourth-order valence-corrected chi connectivity index (χ4v) is 3.41. The van der Waals surface area contributed by atoms with Crippen molar-refractivity contribution in [3.05, 3.63) is 78.0 Å². The minimum atomic E-state index is -0.424. The Bertz CT molecular complexity index is 1060. The zero-order chi connectivity index (χ0) is 19.0. The van der Waals surface area contributed by atoms with Crippen LogP contribution in [0.25, 0.3) is 11.0 Å². The number of carbonyl (C=O) groups is 1. The molecule has 1 atom stereocenters. The number of nitrogens with zero attached hydrogens (tertiary/aromatic N) is 2. The molecule has 1 aliphatic rings. The number of imidazole rings is 1. The molecule has 0 bridgehead atoms. The number of para-hydroxylation sites is 2. The lowest BCUT2D eigenvalue weighted by molar-refractivity contribution is -0.138. The molecule has 2 heterocycles. The fourth-order valence-electron chi connectivity index (χ4n) is 3.41. The van der Waals surface area contributed by atoms with Gasteiger partial charge in [-0.3, -0.25) is 4.57 Å². The number of fused-ring (bicyclic) bond motifs is 3. The molecule has 27 heavy (non-hydrogen) atoms. The van der Waals surface area contributed by atoms with Gasteiger partial charge in [0.05, 0.1) is 22.6 Å². The molecule has 0 unspecified atom stereocenters. The molecule has 1 aromatic heterocycles. The topological polar surface area (TPSA) is 76.4 Å². The van der Waals surface area contributed by atoms with Crippen molar-refractivity contribution in [2.75, 3.05) is 11.9 Å². The lowest BCUT2D eigenvalue weighted by Gasteiger charge is -2.30. The van der Waals surface area contributed by atoms with Crippen LogP contribution in [-0.2, 0) is 9.53 Å². The van der Waals surface area contributed by atoms with Crippen LogP contribution in [0.3, 0.4) is 0 Å². The number of hydrogen-bond donors (Lipinski definition) is 2. The summed E-state index contributed by atoms with van der Waals surface area (Å²) in [5.74, 6) is 0.410. The van der Waals surface area contributed by atoms with Gasteiger partial charge in [-0.2, -0.15) is 0 Å².